The van der Waals surface area contributed by atoms with Crippen molar-refractivity contribution in [3.8, 4) is 11.4 Å². The molecule has 11 heteroatoms. The Bertz CT molecular complexity index is 1230. The number of nitrogen functional groups attached to an aromatic ring is 1. The molecule has 170 valence electrons. The van der Waals surface area contributed by atoms with Gasteiger partial charge in [-0.3, -0.25) is 0 Å². The maximum atomic E-state index is 6.21. The predicted molar refractivity (Wildman–Crippen MR) is 128 cm³/mol. The highest BCUT2D eigenvalue weighted by Crippen LogP contribution is 2.36. The number of nitrogens with zero attached hydrogens (tertiary/aromatic N) is 7. The summed E-state index contributed by atoms with van der Waals surface area (Å²) in [5.74, 6) is 2.05. The third-order valence-electron chi connectivity index (χ3n) is 6.14. The van der Waals surface area contributed by atoms with E-state index in [0.29, 0.717) is 16.6 Å². The number of aryl methyl sites for hydroxylation is 1. The number of nitrogens with one attached hydrogen (secondary N) is 1. The van der Waals surface area contributed by atoms with Gasteiger partial charge in [-0.05, 0) is 36.6 Å². The van der Waals surface area contributed by atoms with E-state index in [0.717, 1.165) is 54.4 Å². The second kappa shape index (κ2) is 8.64. The fourth-order valence-electron chi connectivity index (χ4n) is 4.38. The van der Waals surface area contributed by atoms with Gasteiger partial charge in [0.05, 0.1) is 23.7 Å². The molecule has 0 amide bonds. The molecule has 0 bridgehead atoms. The van der Waals surface area contributed by atoms with Crippen LogP contribution >= 0.6 is 23.2 Å². The summed E-state index contributed by atoms with van der Waals surface area (Å²) in [4.78, 5) is 15.4. The summed E-state index contributed by atoms with van der Waals surface area (Å²) in [5, 5.41) is 12.3. The summed E-state index contributed by atoms with van der Waals surface area (Å²) < 4.78 is 2.19. The van der Waals surface area contributed by atoms with Gasteiger partial charge in [0.15, 0.2) is 0 Å². The summed E-state index contributed by atoms with van der Waals surface area (Å²) in [6.07, 6.45) is 8.82. The van der Waals surface area contributed by atoms with Gasteiger partial charge in [-0.25, -0.2) is 15.0 Å². The van der Waals surface area contributed by atoms with Crippen molar-refractivity contribution in [3.05, 3.63) is 64.3 Å². The molecule has 0 radical (unpaired) electrons. The zero-order chi connectivity index (χ0) is 23.0. The number of hydrogen-bond donors (Lipinski definition) is 2. The van der Waals surface area contributed by atoms with Crippen LogP contribution in [0.2, 0.25) is 10.0 Å². The molecule has 9 nitrogen and oxygen atoms in total. The second-order valence-corrected chi connectivity index (χ2v) is 9.41. The first-order chi connectivity index (χ1) is 15.9. The Labute approximate surface area is 201 Å². The van der Waals surface area contributed by atoms with Crippen molar-refractivity contribution in [3.63, 3.8) is 0 Å². The van der Waals surface area contributed by atoms with Crippen LogP contribution in [0.1, 0.15) is 24.6 Å². The van der Waals surface area contributed by atoms with Crippen LogP contribution in [0.5, 0.6) is 0 Å². The van der Waals surface area contributed by atoms with Crippen molar-refractivity contribution in [2.24, 2.45) is 0 Å². The highest BCUT2D eigenvalue weighted by atomic mass is 35.5. The van der Waals surface area contributed by atoms with E-state index >= 15 is 0 Å². The minimum atomic E-state index is -0.0902. The lowest BCUT2D eigenvalue weighted by Gasteiger charge is -2.24. The Hall–Kier alpha value is -3.17. The molecule has 33 heavy (non-hydrogen) atoms. The number of benzene rings is 1. The van der Waals surface area contributed by atoms with E-state index in [2.05, 4.69) is 41.8 Å². The average Bonchev–Trinajstić information content (AvgIpc) is 3.52. The quantitative estimate of drug-likeness (QED) is 0.428. The van der Waals surface area contributed by atoms with Gasteiger partial charge in [0, 0.05) is 47.5 Å². The fraction of sp³-hybridized carbons (Fsp3) is 0.318. The number of hydrogen-bond acceptors (Lipinski definition) is 7. The van der Waals surface area contributed by atoms with E-state index in [4.69, 9.17) is 33.9 Å². The van der Waals surface area contributed by atoms with E-state index < -0.39 is 0 Å². The summed E-state index contributed by atoms with van der Waals surface area (Å²) in [5.41, 5.74) is 8.43. The number of halogens is 2. The predicted octanol–water partition coefficient (Wildman–Crippen LogP) is 3.76. The average molecular weight is 484 g/mol. The minimum absolute atomic E-state index is 0.0902. The molecule has 1 aromatic carbocycles. The number of nitrogens with two attached hydrogens (primary N) is 1. The van der Waals surface area contributed by atoms with Crippen molar-refractivity contribution in [1.82, 2.24) is 34.9 Å². The number of anilines is 2. The highest BCUT2D eigenvalue weighted by Gasteiger charge is 2.38. The number of aromatic amines is 1. The molecule has 4 heterocycles. The van der Waals surface area contributed by atoms with Gasteiger partial charge >= 0.3 is 0 Å². The van der Waals surface area contributed by atoms with Crippen molar-refractivity contribution in [2.45, 2.75) is 31.7 Å². The Morgan fingerprint density at radius 2 is 1.82 bits per heavy atom. The van der Waals surface area contributed by atoms with Crippen LogP contribution in [0.25, 0.3) is 11.4 Å². The number of rotatable bonds is 6. The van der Waals surface area contributed by atoms with Gasteiger partial charge < -0.3 is 15.2 Å². The molecule has 3 aromatic heterocycles. The summed E-state index contributed by atoms with van der Waals surface area (Å²) in [6, 6.07) is 5.61. The van der Waals surface area contributed by atoms with Crippen LogP contribution in [0, 0.1) is 0 Å². The molecule has 0 saturated carbocycles. The Kier molecular flexibility index (Phi) is 5.67. The topological polar surface area (TPSA) is 114 Å². The third-order valence-corrected chi connectivity index (χ3v) is 6.58. The molecular formula is C22H23Cl2N9. The van der Waals surface area contributed by atoms with Crippen LogP contribution in [-0.2, 0) is 18.4 Å². The maximum absolute atomic E-state index is 6.21. The van der Waals surface area contributed by atoms with Gasteiger partial charge in [-0.15, -0.1) is 0 Å². The Morgan fingerprint density at radius 1 is 1.06 bits per heavy atom. The van der Waals surface area contributed by atoms with Gasteiger partial charge in [0.2, 0.25) is 5.95 Å². The molecule has 1 saturated heterocycles. The van der Waals surface area contributed by atoms with Crippen LogP contribution in [0.3, 0.4) is 0 Å². The SMILES string of the molecule is CC1(c2cn[nH]n2)CCN(c2cnc(-c3cnc(N)nc3)n2CCc2cc(Cl)cc(Cl)c2)C1. The molecule has 4 aromatic rings. The second-order valence-electron chi connectivity index (χ2n) is 8.54. The molecule has 3 N–H and O–H groups in total. The smallest absolute Gasteiger partial charge is 0.219 e. The largest absolute Gasteiger partial charge is 0.368 e. The molecule has 1 fully saturated rings. The lowest BCUT2D eigenvalue weighted by molar-refractivity contribution is 0.511. The van der Waals surface area contributed by atoms with E-state index in [1.54, 1.807) is 24.7 Å². The number of aromatic nitrogens is 7. The highest BCUT2D eigenvalue weighted by molar-refractivity contribution is 6.34. The lowest BCUT2D eigenvalue weighted by atomic mass is 9.87. The molecule has 0 aliphatic carbocycles. The molecule has 1 aliphatic heterocycles. The Balaban J connectivity index is 1.48. The van der Waals surface area contributed by atoms with Gasteiger partial charge in [0.25, 0.3) is 0 Å². The maximum Gasteiger partial charge on any atom is 0.219 e. The van der Waals surface area contributed by atoms with Crippen molar-refractivity contribution in [2.75, 3.05) is 23.7 Å². The molecule has 1 aliphatic rings. The first kappa shape index (κ1) is 21.7. The van der Waals surface area contributed by atoms with Crippen molar-refractivity contribution >= 4 is 35.0 Å². The van der Waals surface area contributed by atoms with Gasteiger partial charge in [-0.2, -0.15) is 15.4 Å². The lowest BCUT2D eigenvalue weighted by Crippen LogP contribution is -2.30. The van der Waals surface area contributed by atoms with E-state index in [9.17, 15) is 0 Å². The molecular weight excluding hydrogens is 461 g/mol. The van der Waals surface area contributed by atoms with Gasteiger partial charge in [-0.1, -0.05) is 30.1 Å². The number of H-pyrrole nitrogens is 1. The molecule has 5 rings (SSSR count). The monoisotopic (exact) mass is 483 g/mol. The van der Waals surface area contributed by atoms with Crippen LogP contribution < -0.4 is 10.6 Å². The van der Waals surface area contributed by atoms with Crippen LogP contribution in [0.4, 0.5) is 11.8 Å². The molecule has 1 atom stereocenters. The van der Waals surface area contributed by atoms with Gasteiger partial charge in [0.1, 0.15) is 11.6 Å². The van der Waals surface area contributed by atoms with E-state index in [1.807, 2.05) is 18.3 Å². The zero-order valence-electron chi connectivity index (χ0n) is 18.0. The van der Waals surface area contributed by atoms with Crippen LogP contribution in [-0.4, -0.2) is 48.0 Å². The summed E-state index contributed by atoms with van der Waals surface area (Å²) in [7, 11) is 0. The molecule has 0 spiro atoms. The van der Waals surface area contributed by atoms with E-state index in [-0.39, 0.29) is 11.4 Å². The zero-order valence-corrected chi connectivity index (χ0v) is 19.6. The first-order valence-corrected chi connectivity index (χ1v) is 11.4. The first-order valence-electron chi connectivity index (χ1n) is 10.6. The normalized spacial score (nSPS) is 18.2. The molecule has 1 unspecified atom stereocenters. The fourth-order valence-corrected chi connectivity index (χ4v) is 4.95. The standard InChI is InChI=1S/C22H23Cl2N9/c1-22(18-11-29-31-30-18)3-5-32(13-22)19-12-26-20(15-9-27-21(25)28-10-15)33(19)4-2-14-6-16(23)8-17(24)7-14/h6-12H,2-5,13H2,1H3,(H2,25,27,28)(H,29,30,31). The van der Waals surface area contributed by atoms with Crippen molar-refractivity contribution in [1.29, 1.82) is 0 Å². The number of imidazole rings is 1. The van der Waals surface area contributed by atoms with Crippen molar-refractivity contribution < 1.29 is 0 Å². The van der Waals surface area contributed by atoms with E-state index in [1.165, 1.54) is 0 Å². The third kappa shape index (κ3) is 4.38. The van der Waals surface area contributed by atoms with Crippen LogP contribution in [0.15, 0.2) is 43.0 Å². The Morgan fingerprint density at radius 3 is 2.52 bits per heavy atom. The minimum Gasteiger partial charge on any atom is -0.368 e. The summed E-state index contributed by atoms with van der Waals surface area (Å²) in [6.45, 7) is 4.60. The summed E-state index contributed by atoms with van der Waals surface area (Å²) >= 11 is 12.4.